The molecule has 3 heterocycles. The molecule has 23 heavy (non-hydrogen) atoms. The predicted octanol–water partition coefficient (Wildman–Crippen LogP) is 0.601. The van der Waals surface area contributed by atoms with Crippen LogP contribution >= 0.6 is 0 Å². The summed E-state index contributed by atoms with van der Waals surface area (Å²) in [6.45, 7) is 4.92. The lowest BCUT2D eigenvalue weighted by molar-refractivity contribution is 0.141. The van der Waals surface area contributed by atoms with Crippen LogP contribution in [0.2, 0.25) is 0 Å². The summed E-state index contributed by atoms with van der Waals surface area (Å²) < 4.78 is 1.75. The number of hydrogen-bond donors (Lipinski definition) is 2. The number of aliphatic hydroxyl groups is 1. The van der Waals surface area contributed by atoms with Crippen LogP contribution in [0, 0.1) is 6.92 Å². The highest BCUT2D eigenvalue weighted by Gasteiger charge is 2.21. The molecule has 124 valence electrons. The topological polar surface area (TPSA) is 79.1 Å². The molecule has 1 fully saturated rings. The second-order valence-electron chi connectivity index (χ2n) is 6.11. The highest BCUT2D eigenvalue weighted by atomic mass is 16.3. The van der Waals surface area contributed by atoms with E-state index in [2.05, 4.69) is 25.5 Å². The summed E-state index contributed by atoms with van der Waals surface area (Å²) in [6.07, 6.45) is 5.38. The van der Waals surface area contributed by atoms with Crippen molar-refractivity contribution in [1.29, 1.82) is 0 Å². The molecule has 0 saturated carbocycles. The van der Waals surface area contributed by atoms with Gasteiger partial charge in [-0.05, 0) is 38.0 Å². The molecule has 3 rings (SSSR count). The largest absolute Gasteiger partial charge is 0.390 e. The molecule has 0 spiro atoms. The Hall–Kier alpha value is -1.99. The van der Waals surface area contributed by atoms with Crippen LogP contribution in [0.4, 0.5) is 5.82 Å². The zero-order valence-corrected chi connectivity index (χ0v) is 13.5. The Balaban J connectivity index is 1.47. The molecule has 7 heteroatoms. The summed E-state index contributed by atoms with van der Waals surface area (Å²) in [6, 6.07) is 6.24. The molecule has 0 amide bonds. The Morgan fingerprint density at radius 1 is 1.39 bits per heavy atom. The molecule has 1 saturated heterocycles. The van der Waals surface area contributed by atoms with Gasteiger partial charge in [-0.25, -0.2) is 0 Å². The Bertz CT molecular complexity index is 585. The van der Waals surface area contributed by atoms with E-state index in [1.54, 1.807) is 10.9 Å². The van der Waals surface area contributed by atoms with Gasteiger partial charge in [-0.1, -0.05) is 0 Å². The third kappa shape index (κ3) is 4.49. The van der Waals surface area contributed by atoms with Gasteiger partial charge in [0.25, 0.3) is 0 Å². The van der Waals surface area contributed by atoms with Gasteiger partial charge in [-0.3, -0.25) is 4.68 Å². The van der Waals surface area contributed by atoms with Gasteiger partial charge >= 0.3 is 0 Å². The fraction of sp³-hybridized carbons (Fsp3) is 0.562. The number of nitrogens with one attached hydrogen (secondary N) is 1. The zero-order valence-electron chi connectivity index (χ0n) is 13.5. The average Bonchev–Trinajstić information content (AvgIpc) is 3.07. The standard InChI is InChI=1S/C16H24N6O/c1-13-5-6-16(20-19-13)21-8-2-4-14(11-21)17-10-15(23)12-22-9-3-7-18-22/h3,5-7,9,14-15,17,23H,2,4,8,10-12H2,1H3/t14-,15+/m0/s1. The lowest BCUT2D eigenvalue weighted by Crippen LogP contribution is -2.48. The minimum Gasteiger partial charge on any atom is -0.390 e. The summed E-state index contributed by atoms with van der Waals surface area (Å²) in [5, 5.41) is 26.1. The number of hydrogen-bond acceptors (Lipinski definition) is 6. The Morgan fingerprint density at radius 3 is 3.04 bits per heavy atom. The third-order valence-corrected chi connectivity index (χ3v) is 4.13. The fourth-order valence-corrected chi connectivity index (χ4v) is 2.90. The van der Waals surface area contributed by atoms with E-state index in [1.807, 2.05) is 31.3 Å². The minimum absolute atomic E-state index is 0.360. The van der Waals surface area contributed by atoms with E-state index in [9.17, 15) is 5.11 Å². The molecule has 0 unspecified atom stereocenters. The lowest BCUT2D eigenvalue weighted by Gasteiger charge is -2.34. The van der Waals surface area contributed by atoms with E-state index in [-0.39, 0.29) is 0 Å². The normalized spacial score (nSPS) is 19.7. The van der Waals surface area contributed by atoms with Gasteiger partial charge in [0.2, 0.25) is 0 Å². The Morgan fingerprint density at radius 2 is 2.30 bits per heavy atom. The molecule has 0 aromatic carbocycles. The first-order chi connectivity index (χ1) is 11.2. The summed E-state index contributed by atoms with van der Waals surface area (Å²) in [7, 11) is 0. The number of aromatic nitrogens is 4. The van der Waals surface area contributed by atoms with Gasteiger partial charge in [-0.2, -0.15) is 10.2 Å². The van der Waals surface area contributed by atoms with Crippen LogP contribution in [-0.2, 0) is 6.54 Å². The van der Waals surface area contributed by atoms with Gasteiger partial charge in [0.05, 0.1) is 18.3 Å². The van der Waals surface area contributed by atoms with Crippen molar-refractivity contribution >= 4 is 5.82 Å². The van der Waals surface area contributed by atoms with Crippen molar-refractivity contribution < 1.29 is 5.11 Å². The first-order valence-corrected chi connectivity index (χ1v) is 8.15. The van der Waals surface area contributed by atoms with Gasteiger partial charge in [0.15, 0.2) is 5.82 Å². The van der Waals surface area contributed by atoms with Crippen molar-refractivity contribution in [2.75, 3.05) is 24.5 Å². The van der Waals surface area contributed by atoms with E-state index in [1.165, 1.54) is 0 Å². The van der Waals surface area contributed by atoms with Gasteiger partial charge in [0.1, 0.15) is 0 Å². The summed E-state index contributed by atoms with van der Waals surface area (Å²) in [5.41, 5.74) is 0.933. The maximum Gasteiger partial charge on any atom is 0.151 e. The van der Waals surface area contributed by atoms with Crippen LogP contribution in [0.3, 0.4) is 0 Å². The maximum atomic E-state index is 10.1. The summed E-state index contributed by atoms with van der Waals surface area (Å²) >= 11 is 0. The Kier molecular flexibility index (Phi) is 5.19. The van der Waals surface area contributed by atoms with Gasteiger partial charge < -0.3 is 15.3 Å². The van der Waals surface area contributed by atoms with E-state index in [4.69, 9.17) is 0 Å². The fourth-order valence-electron chi connectivity index (χ4n) is 2.90. The number of rotatable bonds is 6. The van der Waals surface area contributed by atoms with Crippen molar-refractivity contribution in [3.63, 3.8) is 0 Å². The molecule has 0 bridgehead atoms. The molecule has 0 aliphatic carbocycles. The van der Waals surface area contributed by atoms with Crippen molar-refractivity contribution in [1.82, 2.24) is 25.3 Å². The molecule has 0 radical (unpaired) electrons. The minimum atomic E-state index is -0.440. The van der Waals surface area contributed by atoms with E-state index >= 15 is 0 Å². The van der Waals surface area contributed by atoms with Crippen LogP contribution in [0.1, 0.15) is 18.5 Å². The molecule has 2 aromatic heterocycles. The molecular weight excluding hydrogens is 292 g/mol. The highest BCUT2D eigenvalue weighted by molar-refractivity contribution is 5.38. The van der Waals surface area contributed by atoms with Gasteiger partial charge in [-0.15, -0.1) is 5.10 Å². The zero-order chi connectivity index (χ0) is 16.1. The SMILES string of the molecule is Cc1ccc(N2CCC[C@H](NC[C@@H](O)Cn3cccn3)C2)nn1. The second-order valence-corrected chi connectivity index (χ2v) is 6.11. The van der Waals surface area contributed by atoms with Crippen LogP contribution in [0.5, 0.6) is 0 Å². The predicted molar refractivity (Wildman–Crippen MR) is 88.2 cm³/mol. The van der Waals surface area contributed by atoms with E-state index in [0.717, 1.165) is 37.4 Å². The van der Waals surface area contributed by atoms with Crippen molar-refractivity contribution in [2.24, 2.45) is 0 Å². The molecule has 1 aliphatic rings. The number of anilines is 1. The summed E-state index contributed by atoms with van der Waals surface area (Å²) in [5.74, 6) is 0.930. The first kappa shape index (κ1) is 15.9. The first-order valence-electron chi connectivity index (χ1n) is 8.15. The smallest absolute Gasteiger partial charge is 0.151 e. The van der Waals surface area contributed by atoms with Crippen LogP contribution < -0.4 is 10.2 Å². The highest BCUT2D eigenvalue weighted by Crippen LogP contribution is 2.17. The molecule has 1 aliphatic heterocycles. The van der Waals surface area contributed by atoms with Crippen molar-refractivity contribution in [3.05, 3.63) is 36.3 Å². The van der Waals surface area contributed by atoms with Gasteiger partial charge in [0, 0.05) is 38.1 Å². The number of nitrogens with zero attached hydrogens (tertiary/aromatic N) is 5. The quantitative estimate of drug-likeness (QED) is 0.812. The molecule has 7 nitrogen and oxygen atoms in total. The van der Waals surface area contributed by atoms with E-state index < -0.39 is 6.10 Å². The van der Waals surface area contributed by atoms with Crippen molar-refractivity contribution in [2.45, 2.75) is 38.5 Å². The third-order valence-electron chi connectivity index (χ3n) is 4.13. The maximum absolute atomic E-state index is 10.1. The number of aryl methyl sites for hydroxylation is 1. The molecule has 2 atom stereocenters. The molecule has 2 aromatic rings. The van der Waals surface area contributed by atoms with Crippen LogP contribution in [0.15, 0.2) is 30.6 Å². The Labute approximate surface area is 136 Å². The number of aliphatic hydroxyl groups excluding tert-OH is 1. The molecule has 2 N–H and O–H groups in total. The lowest BCUT2D eigenvalue weighted by atomic mass is 10.1. The monoisotopic (exact) mass is 316 g/mol. The number of piperidine rings is 1. The van der Waals surface area contributed by atoms with Crippen LogP contribution in [0.25, 0.3) is 0 Å². The van der Waals surface area contributed by atoms with Crippen LogP contribution in [-0.4, -0.2) is 56.9 Å². The summed E-state index contributed by atoms with van der Waals surface area (Å²) in [4.78, 5) is 2.26. The second kappa shape index (κ2) is 7.52. The van der Waals surface area contributed by atoms with E-state index in [0.29, 0.717) is 19.1 Å². The average molecular weight is 316 g/mol. The van der Waals surface area contributed by atoms with Crippen molar-refractivity contribution in [3.8, 4) is 0 Å². The molecular formula is C16H24N6O.